The van der Waals surface area contributed by atoms with E-state index in [-0.39, 0.29) is 12.4 Å². The molecule has 2 aromatic carbocycles. The third-order valence-corrected chi connectivity index (χ3v) is 6.11. The lowest BCUT2D eigenvalue weighted by molar-refractivity contribution is -0.137. The normalized spacial score (nSPS) is 17.8. The summed E-state index contributed by atoms with van der Waals surface area (Å²) in [7, 11) is 0. The van der Waals surface area contributed by atoms with Crippen molar-refractivity contribution in [2.75, 3.05) is 18.4 Å². The molecule has 0 radical (unpaired) electrons. The molecule has 8 nitrogen and oxygen atoms in total. The van der Waals surface area contributed by atoms with E-state index in [9.17, 15) is 18.0 Å². The quantitative estimate of drug-likeness (QED) is 0.514. The number of rotatable bonds is 6. The number of aliphatic imine (C=N–C) groups is 3. The maximum Gasteiger partial charge on any atom is 0.416 e. The Labute approximate surface area is 218 Å². The van der Waals surface area contributed by atoms with Crippen LogP contribution in [0.15, 0.2) is 81.7 Å². The Balaban J connectivity index is 1.53. The number of carbonyl (C=O) groups excluding carboxylic acids is 1. The van der Waals surface area contributed by atoms with Gasteiger partial charge in [0.25, 0.3) is 5.91 Å². The SMILES string of the molecule is C=C/N=C1/C=NC(N2CCCC2)=N/C1=C(/N)Nc1cc(C(=O)NCc2cccc(C(F)(F)F)c2)ccc1C. The standard InChI is InChI=1S/C27H28F3N7O/c1-3-32-22-16-34-26(37-11-4-5-12-37)36-23(22)24(31)35-21-14-19(10-9-17(21)2)25(38)33-15-18-7-6-8-20(13-18)27(28,29)30/h3,6-10,13-14,16,35H,1,4-5,11-12,15,31H2,2H3,(H,33,38)/b24-23-,32-22-. The first kappa shape index (κ1) is 26.6. The summed E-state index contributed by atoms with van der Waals surface area (Å²) in [6.45, 7) is 7.16. The molecular weight excluding hydrogens is 495 g/mol. The van der Waals surface area contributed by atoms with Crippen molar-refractivity contribution in [2.45, 2.75) is 32.5 Å². The molecule has 1 fully saturated rings. The molecule has 11 heteroatoms. The highest BCUT2D eigenvalue weighted by Gasteiger charge is 2.30. The van der Waals surface area contributed by atoms with E-state index in [1.54, 1.807) is 24.4 Å². The zero-order chi connectivity index (χ0) is 27.3. The molecule has 4 rings (SSSR count). The number of nitrogens with one attached hydrogen (secondary N) is 2. The molecule has 1 saturated heterocycles. The summed E-state index contributed by atoms with van der Waals surface area (Å²) < 4.78 is 38.9. The average Bonchev–Trinajstić information content (AvgIpc) is 3.44. The van der Waals surface area contributed by atoms with Gasteiger partial charge in [0.2, 0.25) is 5.96 Å². The van der Waals surface area contributed by atoms with Crippen molar-refractivity contribution in [1.82, 2.24) is 10.2 Å². The van der Waals surface area contributed by atoms with Crippen LogP contribution in [-0.2, 0) is 12.7 Å². The number of allylic oxidation sites excluding steroid dienone is 1. The van der Waals surface area contributed by atoms with Gasteiger partial charge in [-0.1, -0.05) is 24.8 Å². The number of amides is 1. The van der Waals surface area contributed by atoms with Crippen molar-refractivity contribution >= 4 is 29.5 Å². The second-order valence-corrected chi connectivity index (χ2v) is 8.86. The molecule has 0 atom stereocenters. The first-order chi connectivity index (χ1) is 18.2. The van der Waals surface area contributed by atoms with Crippen LogP contribution in [0, 0.1) is 6.92 Å². The van der Waals surface area contributed by atoms with Crippen LogP contribution in [0.3, 0.4) is 0 Å². The van der Waals surface area contributed by atoms with Gasteiger partial charge in [-0.05, 0) is 55.2 Å². The molecule has 0 bridgehead atoms. The molecule has 38 heavy (non-hydrogen) atoms. The summed E-state index contributed by atoms with van der Waals surface area (Å²) in [4.78, 5) is 28.1. The topological polar surface area (TPSA) is 107 Å². The molecule has 0 aliphatic carbocycles. The van der Waals surface area contributed by atoms with Crippen LogP contribution in [0.25, 0.3) is 0 Å². The van der Waals surface area contributed by atoms with Gasteiger partial charge >= 0.3 is 6.18 Å². The van der Waals surface area contributed by atoms with Gasteiger partial charge in [-0.2, -0.15) is 13.2 Å². The molecule has 198 valence electrons. The Morgan fingerprint density at radius 3 is 2.68 bits per heavy atom. The number of likely N-dealkylation sites (tertiary alicyclic amines) is 1. The maximum absolute atomic E-state index is 13.0. The smallest absolute Gasteiger partial charge is 0.383 e. The van der Waals surface area contributed by atoms with Gasteiger partial charge in [0.15, 0.2) is 0 Å². The van der Waals surface area contributed by atoms with Crippen LogP contribution in [-0.4, -0.2) is 41.8 Å². The summed E-state index contributed by atoms with van der Waals surface area (Å²) in [6.07, 6.45) is 0.654. The minimum atomic E-state index is -4.45. The highest BCUT2D eigenvalue weighted by Crippen LogP contribution is 2.29. The molecule has 2 aliphatic heterocycles. The molecule has 0 aromatic heterocycles. The van der Waals surface area contributed by atoms with E-state index in [4.69, 9.17) is 5.73 Å². The lowest BCUT2D eigenvalue weighted by Crippen LogP contribution is -2.31. The summed E-state index contributed by atoms with van der Waals surface area (Å²) in [6, 6.07) is 9.85. The number of nitrogens with zero attached hydrogens (tertiary/aromatic N) is 4. The fraction of sp³-hybridized carbons (Fsp3) is 0.259. The van der Waals surface area contributed by atoms with Gasteiger partial charge in [0.1, 0.15) is 17.2 Å². The van der Waals surface area contributed by atoms with E-state index >= 15 is 0 Å². The van der Waals surface area contributed by atoms with Gasteiger partial charge in [-0.15, -0.1) is 0 Å². The largest absolute Gasteiger partial charge is 0.416 e. The molecule has 0 unspecified atom stereocenters. The van der Waals surface area contributed by atoms with Crippen molar-refractivity contribution in [3.05, 3.63) is 89.0 Å². The number of alkyl halides is 3. The van der Waals surface area contributed by atoms with Gasteiger partial charge in [0.05, 0.1) is 11.8 Å². The number of hydrogen-bond donors (Lipinski definition) is 3. The van der Waals surface area contributed by atoms with Gasteiger partial charge < -0.3 is 21.3 Å². The first-order valence-electron chi connectivity index (χ1n) is 12.0. The zero-order valence-corrected chi connectivity index (χ0v) is 20.8. The third-order valence-electron chi connectivity index (χ3n) is 6.11. The van der Waals surface area contributed by atoms with E-state index in [1.165, 1.54) is 18.3 Å². The number of aryl methyl sites for hydroxylation is 1. The summed E-state index contributed by atoms with van der Waals surface area (Å²) in [5.74, 6) is 0.340. The number of halogens is 3. The summed E-state index contributed by atoms with van der Waals surface area (Å²) >= 11 is 0. The lowest BCUT2D eigenvalue weighted by atomic mass is 10.1. The van der Waals surface area contributed by atoms with Crippen LogP contribution in [0.4, 0.5) is 18.9 Å². The number of anilines is 1. The lowest BCUT2D eigenvalue weighted by Gasteiger charge is -2.21. The number of carbonyl (C=O) groups is 1. The molecule has 4 N–H and O–H groups in total. The minimum absolute atomic E-state index is 0.0553. The Morgan fingerprint density at radius 1 is 1.21 bits per heavy atom. The van der Waals surface area contributed by atoms with Crippen molar-refractivity contribution in [2.24, 2.45) is 20.7 Å². The molecule has 0 spiro atoms. The number of nitrogens with two attached hydrogens (primary N) is 1. The fourth-order valence-corrected chi connectivity index (χ4v) is 4.07. The van der Waals surface area contributed by atoms with Crippen LogP contribution in [0.2, 0.25) is 0 Å². The second kappa shape index (κ2) is 11.3. The van der Waals surface area contributed by atoms with Crippen molar-refractivity contribution < 1.29 is 18.0 Å². The zero-order valence-electron chi connectivity index (χ0n) is 20.8. The highest BCUT2D eigenvalue weighted by molar-refractivity contribution is 6.41. The predicted molar refractivity (Wildman–Crippen MR) is 143 cm³/mol. The van der Waals surface area contributed by atoms with Crippen LogP contribution < -0.4 is 16.4 Å². The Kier molecular flexibility index (Phi) is 7.94. The second-order valence-electron chi connectivity index (χ2n) is 8.86. The van der Waals surface area contributed by atoms with E-state index in [0.717, 1.165) is 43.6 Å². The number of benzene rings is 2. The molecule has 2 aliphatic rings. The maximum atomic E-state index is 13.0. The van der Waals surface area contributed by atoms with Crippen LogP contribution in [0.1, 0.15) is 39.9 Å². The van der Waals surface area contributed by atoms with E-state index in [1.807, 2.05) is 6.92 Å². The van der Waals surface area contributed by atoms with E-state index in [0.29, 0.717) is 34.2 Å². The Bertz CT molecular complexity index is 1350. The van der Waals surface area contributed by atoms with Crippen LogP contribution in [0.5, 0.6) is 0 Å². The average molecular weight is 524 g/mol. The van der Waals surface area contributed by atoms with Gasteiger partial charge in [-0.3, -0.25) is 9.79 Å². The van der Waals surface area contributed by atoms with E-state index < -0.39 is 17.6 Å². The minimum Gasteiger partial charge on any atom is -0.383 e. The van der Waals surface area contributed by atoms with Crippen LogP contribution >= 0.6 is 0 Å². The van der Waals surface area contributed by atoms with Gasteiger partial charge in [-0.25, -0.2) is 9.98 Å². The molecule has 0 saturated carbocycles. The summed E-state index contributed by atoms with van der Waals surface area (Å²) in [5, 5.41) is 5.79. The van der Waals surface area contributed by atoms with Crippen molar-refractivity contribution in [3.8, 4) is 0 Å². The Morgan fingerprint density at radius 2 is 1.97 bits per heavy atom. The van der Waals surface area contributed by atoms with Gasteiger partial charge in [0, 0.05) is 37.1 Å². The molecule has 2 aromatic rings. The first-order valence-corrected chi connectivity index (χ1v) is 12.0. The summed E-state index contributed by atoms with van der Waals surface area (Å²) in [5.41, 5.74) is 8.54. The molecule has 1 amide bonds. The fourth-order valence-electron chi connectivity index (χ4n) is 4.07. The Hall–Kier alpha value is -4.41. The predicted octanol–water partition coefficient (Wildman–Crippen LogP) is 4.60. The van der Waals surface area contributed by atoms with Crippen molar-refractivity contribution in [3.63, 3.8) is 0 Å². The van der Waals surface area contributed by atoms with Crippen molar-refractivity contribution in [1.29, 1.82) is 0 Å². The van der Waals surface area contributed by atoms with E-state index in [2.05, 4.69) is 37.1 Å². The molecular formula is C27H28F3N7O. The third kappa shape index (κ3) is 6.28. The number of guanidine groups is 1. The highest BCUT2D eigenvalue weighted by atomic mass is 19.4. The molecule has 2 heterocycles. The number of hydrogen-bond acceptors (Lipinski definition) is 7. The monoisotopic (exact) mass is 523 g/mol.